The van der Waals surface area contributed by atoms with Crippen LogP contribution in [0.3, 0.4) is 0 Å². The molecular weight excluding hydrogens is 256 g/mol. The van der Waals surface area contributed by atoms with E-state index in [2.05, 4.69) is 12.1 Å². The van der Waals surface area contributed by atoms with Gasteiger partial charge in [-0.3, -0.25) is 4.79 Å². The maximum Gasteiger partial charge on any atom is 0.347 e. The molecule has 0 radical (unpaired) electrons. The molecule has 1 aliphatic rings. The molecule has 108 valence electrons. The number of ether oxygens (including phenoxy) is 2. The summed E-state index contributed by atoms with van der Waals surface area (Å²) < 4.78 is 10.1. The van der Waals surface area contributed by atoms with Gasteiger partial charge in [0.05, 0.1) is 12.5 Å². The van der Waals surface area contributed by atoms with Crippen molar-refractivity contribution in [3.8, 4) is 0 Å². The minimum atomic E-state index is -0.713. The van der Waals surface area contributed by atoms with Crippen molar-refractivity contribution in [1.82, 2.24) is 0 Å². The van der Waals surface area contributed by atoms with Crippen LogP contribution in [-0.4, -0.2) is 24.6 Å². The maximum absolute atomic E-state index is 11.9. The highest BCUT2D eigenvalue weighted by Gasteiger charge is 2.34. The molecule has 1 heterocycles. The zero-order chi connectivity index (χ0) is 14.4. The van der Waals surface area contributed by atoms with Gasteiger partial charge in [0.2, 0.25) is 0 Å². The van der Waals surface area contributed by atoms with E-state index >= 15 is 0 Å². The minimum absolute atomic E-state index is 0.110. The van der Waals surface area contributed by atoms with Crippen LogP contribution in [0.15, 0.2) is 30.3 Å². The number of hydrogen-bond donors (Lipinski definition) is 0. The van der Waals surface area contributed by atoms with Crippen LogP contribution in [0.5, 0.6) is 0 Å². The standard InChI is InChI=1S/C16H20O4/c1-2-19-16(18)14-11-10-13(15(17)20-14)9-8-12-6-4-3-5-7-12/h3-7,13-14H,2,8-11H2,1H3/t13-,14-/m0/s1. The first-order chi connectivity index (χ1) is 9.70. The number of hydrogen-bond acceptors (Lipinski definition) is 4. The minimum Gasteiger partial charge on any atom is -0.463 e. The number of aryl methyl sites for hydroxylation is 1. The molecule has 0 amide bonds. The molecule has 1 aromatic carbocycles. The van der Waals surface area contributed by atoms with Gasteiger partial charge in [0.25, 0.3) is 0 Å². The molecule has 0 aromatic heterocycles. The molecule has 2 rings (SSSR count). The Morgan fingerprint density at radius 2 is 2.05 bits per heavy atom. The third-order valence-corrected chi connectivity index (χ3v) is 3.54. The molecule has 4 heteroatoms. The summed E-state index contributed by atoms with van der Waals surface area (Å²) in [5, 5.41) is 0. The van der Waals surface area contributed by atoms with E-state index in [9.17, 15) is 9.59 Å². The first kappa shape index (κ1) is 14.6. The van der Waals surface area contributed by atoms with Gasteiger partial charge in [-0.2, -0.15) is 0 Å². The molecule has 1 saturated heterocycles. The average molecular weight is 276 g/mol. The Hall–Kier alpha value is -1.84. The second-order valence-electron chi connectivity index (χ2n) is 4.98. The average Bonchev–Trinajstić information content (AvgIpc) is 2.47. The van der Waals surface area contributed by atoms with Crippen LogP contribution in [0, 0.1) is 5.92 Å². The quantitative estimate of drug-likeness (QED) is 0.775. The zero-order valence-corrected chi connectivity index (χ0v) is 11.7. The lowest BCUT2D eigenvalue weighted by molar-refractivity contribution is -0.176. The third-order valence-electron chi connectivity index (χ3n) is 3.54. The summed E-state index contributed by atoms with van der Waals surface area (Å²) in [6.45, 7) is 2.05. The summed E-state index contributed by atoms with van der Waals surface area (Å²) >= 11 is 0. The molecule has 1 fully saturated rings. The largest absolute Gasteiger partial charge is 0.463 e. The first-order valence-electron chi connectivity index (χ1n) is 7.11. The molecule has 4 nitrogen and oxygen atoms in total. The molecule has 0 unspecified atom stereocenters. The number of esters is 2. The van der Waals surface area contributed by atoms with Crippen LogP contribution >= 0.6 is 0 Å². The predicted molar refractivity (Wildman–Crippen MR) is 74.0 cm³/mol. The number of carbonyl (C=O) groups is 2. The molecular formula is C16H20O4. The van der Waals surface area contributed by atoms with E-state index in [1.165, 1.54) is 5.56 Å². The Bertz CT molecular complexity index is 455. The number of benzene rings is 1. The van der Waals surface area contributed by atoms with Gasteiger partial charge in [0.15, 0.2) is 6.10 Å². The molecule has 0 aliphatic carbocycles. The highest BCUT2D eigenvalue weighted by molar-refractivity contribution is 5.81. The summed E-state index contributed by atoms with van der Waals surface area (Å²) in [7, 11) is 0. The predicted octanol–water partition coefficient (Wildman–Crippen LogP) is 2.50. The fraction of sp³-hybridized carbons (Fsp3) is 0.500. The van der Waals surface area contributed by atoms with Gasteiger partial charge < -0.3 is 9.47 Å². The first-order valence-corrected chi connectivity index (χ1v) is 7.11. The van der Waals surface area contributed by atoms with Crippen molar-refractivity contribution < 1.29 is 19.1 Å². The number of cyclic esters (lactones) is 1. The topological polar surface area (TPSA) is 52.6 Å². The van der Waals surface area contributed by atoms with Crippen LogP contribution < -0.4 is 0 Å². The Balaban J connectivity index is 1.81. The summed E-state index contributed by atoms with van der Waals surface area (Å²) in [5.41, 5.74) is 1.22. The molecule has 1 aromatic rings. The molecule has 0 bridgehead atoms. The summed E-state index contributed by atoms with van der Waals surface area (Å²) in [5.74, 6) is -0.812. The van der Waals surface area contributed by atoms with Crippen molar-refractivity contribution in [3.05, 3.63) is 35.9 Å². The monoisotopic (exact) mass is 276 g/mol. The van der Waals surface area contributed by atoms with Crippen molar-refractivity contribution >= 4 is 11.9 Å². The molecule has 0 spiro atoms. The second kappa shape index (κ2) is 7.08. The van der Waals surface area contributed by atoms with Gasteiger partial charge in [-0.25, -0.2) is 4.79 Å². The van der Waals surface area contributed by atoms with E-state index in [0.29, 0.717) is 19.4 Å². The fourth-order valence-corrected chi connectivity index (χ4v) is 2.41. The maximum atomic E-state index is 11.9. The summed E-state index contributed by atoms with van der Waals surface area (Å²) in [4.78, 5) is 23.4. The molecule has 1 aliphatic heterocycles. The van der Waals surface area contributed by atoms with Crippen molar-refractivity contribution in [1.29, 1.82) is 0 Å². The lowest BCUT2D eigenvalue weighted by Gasteiger charge is -2.26. The van der Waals surface area contributed by atoms with Crippen LogP contribution in [0.4, 0.5) is 0 Å². The third kappa shape index (κ3) is 3.83. The van der Waals surface area contributed by atoms with E-state index in [0.717, 1.165) is 12.8 Å². The summed E-state index contributed by atoms with van der Waals surface area (Å²) in [6.07, 6.45) is 2.15. The SMILES string of the molecule is CCOC(=O)[C@@H]1CC[C@H](CCc2ccccc2)C(=O)O1. The van der Waals surface area contributed by atoms with E-state index < -0.39 is 12.1 Å². The number of rotatable bonds is 5. The van der Waals surface area contributed by atoms with E-state index in [1.807, 2.05) is 18.2 Å². The van der Waals surface area contributed by atoms with Gasteiger partial charge in [0, 0.05) is 0 Å². The van der Waals surface area contributed by atoms with Gasteiger partial charge in [0.1, 0.15) is 0 Å². The molecule has 0 saturated carbocycles. The molecule has 0 N–H and O–H groups in total. The van der Waals surface area contributed by atoms with Gasteiger partial charge in [-0.05, 0) is 38.2 Å². The van der Waals surface area contributed by atoms with E-state index in [1.54, 1.807) is 6.92 Å². The van der Waals surface area contributed by atoms with Crippen LogP contribution in [0.2, 0.25) is 0 Å². The Labute approximate surface area is 119 Å². The van der Waals surface area contributed by atoms with Crippen molar-refractivity contribution in [2.24, 2.45) is 5.92 Å². The van der Waals surface area contributed by atoms with Crippen molar-refractivity contribution in [3.63, 3.8) is 0 Å². The highest BCUT2D eigenvalue weighted by atomic mass is 16.6. The Morgan fingerprint density at radius 3 is 2.70 bits per heavy atom. The van der Waals surface area contributed by atoms with Gasteiger partial charge in [-0.15, -0.1) is 0 Å². The van der Waals surface area contributed by atoms with Crippen LogP contribution in [-0.2, 0) is 25.5 Å². The lowest BCUT2D eigenvalue weighted by atomic mass is 9.91. The van der Waals surface area contributed by atoms with E-state index in [4.69, 9.17) is 9.47 Å². The van der Waals surface area contributed by atoms with Crippen molar-refractivity contribution in [2.75, 3.05) is 6.61 Å². The number of carbonyl (C=O) groups excluding carboxylic acids is 2. The van der Waals surface area contributed by atoms with Crippen LogP contribution in [0.25, 0.3) is 0 Å². The normalized spacial score (nSPS) is 22.1. The second-order valence-corrected chi connectivity index (χ2v) is 4.98. The zero-order valence-electron chi connectivity index (χ0n) is 11.7. The Kier molecular flexibility index (Phi) is 5.16. The summed E-state index contributed by atoms with van der Waals surface area (Å²) in [6, 6.07) is 10.1. The van der Waals surface area contributed by atoms with E-state index in [-0.39, 0.29) is 11.9 Å². The van der Waals surface area contributed by atoms with Gasteiger partial charge >= 0.3 is 11.9 Å². The van der Waals surface area contributed by atoms with Crippen LogP contribution in [0.1, 0.15) is 31.7 Å². The fourth-order valence-electron chi connectivity index (χ4n) is 2.41. The molecule has 20 heavy (non-hydrogen) atoms. The Morgan fingerprint density at radius 1 is 1.30 bits per heavy atom. The smallest absolute Gasteiger partial charge is 0.347 e. The lowest BCUT2D eigenvalue weighted by Crippen LogP contribution is -2.37. The molecule has 2 atom stereocenters. The highest BCUT2D eigenvalue weighted by Crippen LogP contribution is 2.25. The van der Waals surface area contributed by atoms with Gasteiger partial charge in [-0.1, -0.05) is 30.3 Å². The van der Waals surface area contributed by atoms with Crippen molar-refractivity contribution in [2.45, 2.75) is 38.7 Å².